The first kappa shape index (κ1) is 23.8. The molecule has 0 radical (unpaired) electrons. The van der Waals surface area contributed by atoms with Crippen LogP contribution in [-0.4, -0.2) is 16.6 Å². The molecule has 170 valence electrons. The standard InChI is InChI=1S/C28H42N2O/c1-2-3-4-5-6-8-16-25-22-29-28(30-23-25)26-17-19-27(20-18-26)31-21-12-11-15-24-13-9-7-10-14-24/h17-20,22-24H,2-16,21H2,1H3. The molecular weight excluding hydrogens is 380 g/mol. The lowest BCUT2D eigenvalue weighted by Gasteiger charge is -2.21. The Balaban J connectivity index is 1.33. The third-order valence-corrected chi connectivity index (χ3v) is 6.64. The van der Waals surface area contributed by atoms with Crippen LogP contribution in [0.5, 0.6) is 5.75 Å². The van der Waals surface area contributed by atoms with Crippen LogP contribution in [0.15, 0.2) is 36.7 Å². The van der Waals surface area contributed by atoms with Crippen LogP contribution in [0.3, 0.4) is 0 Å². The molecule has 3 heteroatoms. The largest absolute Gasteiger partial charge is 0.494 e. The zero-order valence-corrected chi connectivity index (χ0v) is 19.7. The van der Waals surface area contributed by atoms with Gasteiger partial charge in [0.05, 0.1) is 6.61 Å². The monoisotopic (exact) mass is 422 g/mol. The first-order chi connectivity index (χ1) is 15.3. The molecule has 31 heavy (non-hydrogen) atoms. The molecule has 1 fully saturated rings. The highest BCUT2D eigenvalue weighted by Crippen LogP contribution is 2.27. The fourth-order valence-electron chi connectivity index (χ4n) is 4.64. The van der Waals surface area contributed by atoms with Gasteiger partial charge in [0.1, 0.15) is 5.75 Å². The van der Waals surface area contributed by atoms with E-state index in [1.54, 1.807) is 0 Å². The smallest absolute Gasteiger partial charge is 0.159 e. The highest BCUT2D eigenvalue weighted by atomic mass is 16.5. The molecule has 3 rings (SSSR count). The summed E-state index contributed by atoms with van der Waals surface area (Å²) in [6.45, 7) is 3.08. The van der Waals surface area contributed by atoms with Gasteiger partial charge in [-0.15, -0.1) is 0 Å². The number of unbranched alkanes of at least 4 members (excludes halogenated alkanes) is 6. The van der Waals surface area contributed by atoms with Gasteiger partial charge >= 0.3 is 0 Å². The van der Waals surface area contributed by atoms with Crippen molar-refractivity contribution in [1.82, 2.24) is 9.97 Å². The Morgan fingerprint density at radius 1 is 0.806 bits per heavy atom. The maximum atomic E-state index is 5.94. The highest BCUT2D eigenvalue weighted by Gasteiger charge is 2.12. The van der Waals surface area contributed by atoms with Crippen LogP contribution in [0, 0.1) is 5.92 Å². The average molecular weight is 423 g/mol. The Labute approximate surface area is 190 Å². The molecule has 0 amide bonds. The minimum absolute atomic E-state index is 0.797. The van der Waals surface area contributed by atoms with Gasteiger partial charge in [-0.2, -0.15) is 0 Å². The van der Waals surface area contributed by atoms with E-state index in [2.05, 4.69) is 29.0 Å². The molecule has 0 unspecified atom stereocenters. The first-order valence-electron chi connectivity index (χ1n) is 12.9. The quantitative estimate of drug-likeness (QED) is 0.288. The van der Waals surface area contributed by atoms with Crippen LogP contribution in [0.25, 0.3) is 11.4 Å². The van der Waals surface area contributed by atoms with Crippen molar-refractivity contribution in [2.45, 2.75) is 103 Å². The molecule has 2 aromatic rings. The van der Waals surface area contributed by atoms with E-state index in [1.807, 2.05) is 24.5 Å². The van der Waals surface area contributed by atoms with E-state index in [9.17, 15) is 0 Å². The Morgan fingerprint density at radius 3 is 2.26 bits per heavy atom. The summed E-state index contributed by atoms with van der Waals surface area (Å²) in [6.07, 6.45) is 24.1. The van der Waals surface area contributed by atoms with Gasteiger partial charge in [-0.25, -0.2) is 9.97 Å². The summed E-state index contributed by atoms with van der Waals surface area (Å²) in [6, 6.07) is 8.23. The van der Waals surface area contributed by atoms with E-state index < -0.39 is 0 Å². The van der Waals surface area contributed by atoms with Crippen LogP contribution < -0.4 is 4.74 Å². The SMILES string of the molecule is CCCCCCCCc1cnc(-c2ccc(OCCCCC3CCCCC3)cc2)nc1. The molecule has 1 heterocycles. The average Bonchev–Trinajstić information content (AvgIpc) is 2.83. The van der Waals surface area contributed by atoms with E-state index in [0.717, 1.165) is 42.5 Å². The summed E-state index contributed by atoms with van der Waals surface area (Å²) in [7, 11) is 0. The maximum Gasteiger partial charge on any atom is 0.159 e. The Morgan fingerprint density at radius 2 is 1.52 bits per heavy atom. The van der Waals surface area contributed by atoms with Crippen LogP contribution >= 0.6 is 0 Å². The zero-order valence-electron chi connectivity index (χ0n) is 19.7. The molecule has 1 aromatic carbocycles. The van der Waals surface area contributed by atoms with Crippen LogP contribution in [0.1, 0.15) is 102 Å². The number of aryl methyl sites for hydroxylation is 1. The van der Waals surface area contributed by atoms with Crippen molar-refractivity contribution >= 4 is 0 Å². The van der Waals surface area contributed by atoms with Crippen molar-refractivity contribution in [2.24, 2.45) is 5.92 Å². The topological polar surface area (TPSA) is 35.0 Å². The number of nitrogens with zero attached hydrogens (tertiary/aromatic N) is 2. The predicted molar refractivity (Wildman–Crippen MR) is 130 cm³/mol. The summed E-state index contributed by atoms with van der Waals surface area (Å²) in [4.78, 5) is 9.17. The molecule has 1 aliphatic rings. The molecule has 0 atom stereocenters. The summed E-state index contributed by atoms with van der Waals surface area (Å²) in [5, 5.41) is 0. The molecule has 1 saturated carbocycles. The van der Waals surface area contributed by atoms with Gasteiger partial charge in [0.25, 0.3) is 0 Å². The molecule has 0 saturated heterocycles. The Kier molecular flexibility index (Phi) is 10.9. The van der Waals surface area contributed by atoms with Gasteiger partial charge in [0, 0.05) is 18.0 Å². The second-order valence-electron chi connectivity index (χ2n) is 9.31. The van der Waals surface area contributed by atoms with Gasteiger partial charge in [-0.05, 0) is 61.4 Å². The Bertz CT molecular complexity index is 705. The number of aromatic nitrogens is 2. The van der Waals surface area contributed by atoms with Gasteiger partial charge in [-0.1, -0.05) is 77.6 Å². The predicted octanol–water partition coefficient (Wildman–Crippen LogP) is 8.18. The summed E-state index contributed by atoms with van der Waals surface area (Å²) < 4.78 is 5.94. The highest BCUT2D eigenvalue weighted by molar-refractivity contribution is 5.55. The molecule has 0 N–H and O–H groups in total. The second kappa shape index (κ2) is 14.2. The fraction of sp³-hybridized carbons (Fsp3) is 0.643. The van der Waals surface area contributed by atoms with Crippen molar-refractivity contribution in [3.05, 3.63) is 42.2 Å². The summed E-state index contributed by atoms with van der Waals surface area (Å²) >= 11 is 0. The lowest BCUT2D eigenvalue weighted by atomic mass is 9.86. The van der Waals surface area contributed by atoms with E-state index in [4.69, 9.17) is 4.74 Å². The molecule has 3 nitrogen and oxygen atoms in total. The lowest BCUT2D eigenvalue weighted by Crippen LogP contribution is -2.06. The number of benzene rings is 1. The minimum Gasteiger partial charge on any atom is -0.494 e. The molecule has 1 aromatic heterocycles. The van der Waals surface area contributed by atoms with Gasteiger partial charge in [0.15, 0.2) is 5.82 Å². The molecule has 0 spiro atoms. The molecule has 0 aliphatic heterocycles. The third kappa shape index (κ3) is 9.01. The minimum atomic E-state index is 0.797. The van der Waals surface area contributed by atoms with Gasteiger partial charge in [-0.3, -0.25) is 0 Å². The number of ether oxygens (including phenoxy) is 1. The van der Waals surface area contributed by atoms with E-state index in [1.165, 1.54) is 89.0 Å². The van der Waals surface area contributed by atoms with Crippen LogP contribution in [-0.2, 0) is 6.42 Å². The molecule has 0 bridgehead atoms. The van der Waals surface area contributed by atoms with Gasteiger partial charge in [0.2, 0.25) is 0 Å². The van der Waals surface area contributed by atoms with E-state index >= 15 is 0 Å². The van der Waals surface area contributed by atoms with E-state index in [0.29, 0.717) is 0 Å². The lowest BCUT2D eigenvalue weighted by molar-refractivity contribution is 0.284. The van der Waals surface area contributed by atoms with Crippen molar-refractivity contribution in [3.63, 3.8) is 0 Å². The van der Waals surface area contributed by atoms with Crippen molar-refractivity contribution < 1.29 is 4.74 Å². The molecule has 1 aliphatic carbocycles. The normalized spacial score (nSPS) is 14.6. The fourth-order valence-corrected chi connectivity index (χ4v) is 4.64. The summed E-state index contributed by atoms with van der Waals surface area (Å²) in [5.41, 5.74) is 2.29. The van der Waals surface area contributed by atoms with E-state index in [-0.39, 0.29) is 0 Å². The molecular formula is C28H42N2O. The number of hydrogen-bond acceptors (Lipinski definition) is 3. The Hall–Kier alpha value is -1.90. The van der Waals surface area contributed by atoms with Gasteiger partial charge < -0.3 is 4.74 Å². The first-order valence-corrected chi connectivity index (χ1v) is 12.9. The summed E-state index contributed by atoms with van der Waals surface area (Å²) in [5.74, 6) is 2.72. The third-order valence-electron chi connectivity index (χ3n) is 6.64. The number of hydrogen-bond donors (Lipinski definition) is 0. The van der Waals surface area contributed by atoms with Crippen molar-refractivity contribution in [3.8, 4) is 17.1 Å². The zero-order chi connectivity index (χ0) is 21.6. The van der Waals surface area contributed by atoms with Crippen LogP contribution in [0.4, 0.5) is 0 Å². The van der Waals surface area contributed by atoms with Crippen LogP contribution in [0.2, 0.25) is 0 Å². The second-order valence-corrected chi connectivity index (χ2v) is 9.31. The van der Waals surface area contributed by atoms with Crippen molar-refractivity contribution in [2.75, 3.05) is 6.61 Å². The number of rotatable bonds is 14. The van der Waals surface area contributed by atoms with Crippen molar-refractivity contribution in [1.29, 1.82) is 0 Å². The maximum absolute atomic E-state index is 5.94.